The van der Waals surface area contributed by atoms with E-state index in [2.05, 4.69) is 5.10 Å². The molecule has 0 amide bonds. The van der Waals surface area contributed by atoms with Crippen LogP contribution in [-0.2, 0) is 7.05 Å². The highest BCUT2D eigenvalue weighted by Gasteiger charge is 2.14. The molecule has 5 nitrogen and oxygen atoms in total. The highest BCUT2D eigenvalue weighted by molar-refractivity contribution is 5.89. The first-order valence-corrected chi connectivity index (χ1v) is 2.96. The average molecular weight is 156 g/mol. The molecular weight excluding hydrogens is 148 g/mol. The third kappa shape index (κ3) is 1.17. The van der Waals surface area contributed by atoms with Crippen molar-refractivity contribution >= 4 is 5.97 Å². The van der Waals surface area contributed by atoms with Gasteiger partial charge in [0.2, 0.25) is 5.88 Å². The van der Waals surface area contributed by atoms with Crippen molar-refractivity contribution in [2.75, 3.05) is 7.11 Å². The summed E-state index contributed by atoms with van der Waals surface area (Å²) < 4.78 is 6.16. The zero-order valence-corrected chi connectivity index (χ0v) is 6.24. The average Bonchev–Trinajstić information content (AvgIpc) is 2.30. The van der Waals surface area contributed by atoms with Gasteiger partial charge in [0.1, 0.15) is 5.56 Å². The molecule has 0 aliphatic carbocycles. The summed E-state index contributed by atoms with van der Waals surface area (Å²) in [6.07, 6.45) is 1.25. The maximum absolute atomic E-state index is 10.5. The number of aromatic carboxylic acids is 1. The Hall–Kier alpha value is -1.52. The van der Waals surface area contributed by atoms with Gasteiger partial charge in [-0.05, 0) is 0 Å². The van der Waals surface area contributed by atoms with Gasteiger partial charge in [0.05, 0.1) is 13.3 Å². The van der Waals surface area contributed by atoms with Crippen molar-refractivity contribution in [3.8, 4) is 5.88 Å². The highest BCUT2D eigenvalue weighted by atomic mass is 16.5. The zero-order valence-electron chi connectivity index (χ0n) is 6.24. The van der Waals surface area contributed by atoms with Crippen molar-refractivity contribution < 1.29 is 14.6 Å². The van der Waals surface area contributed by atoms with Gasteiger partial charge in [0.15, 0.2) is 0 Å². The summed E-state index contributed by atoms with van der Waals surface area (Å²) in [4.78, 5) is 10.5. The van der Waals surface area contributed by atoms with Crippen LogP contribution in [0.15, 0.2) is 6.20 Å². The monoisotopic (exact) mass is 156 g/mol. The van der Waals surface area contributed by atoms with Gasteiger partial charge in [0.25, 0.3) is 0 Å². The minimum atomic E-state index is -1.03. The predicted molar refractivity (Wildman–Crippen MR) is 36.7 cm³/mol. The molecule has 11 heavy (non-hydrogen) atoms. The molecule has 0 unspecified atom stereocenters. The second kappa shape index (κ2) is 2.61. The molecule has 5 heteroatoms. The summed E-state index contributed by atoms with van der Waals surface area (Å²) in [5, 5.41) is 12.3. The number of carboxylic acids is 1. The van der Waals surface area contributed by atoms with Crippen molar-refractivity contribution in [3.63, 3.8) is 0 Å². The smallest absolute Gasteiger partial charge is 0.342 e. The number of ether oxygens (including phenoxy) is 1. The number of hydrogen-bond acceptors (Lipinski definition) is 3. The van der Waals surface area contributed by atoms with E-state index >= 15 is 0 Å². The Kier molecular flexibility index (Phi) is 1.80. The molecule has 1 aromatic rings. The lowest BCUT2D eigenvalue weighted by atomic mass is 10.3. The summed E-state index contributed by atoms with van der Waals surface area (Å²) >= 11 is 0. The van der Waals surface area contributed by atoms with Crippen LogP contribution in [0.25, 0.3) is 0 Å². The second-order valence-corrected chi connectivity index (χ2v) is 2.00. The molecule has 0 radical (unpaired) electrons. The predicted octanol–water partition coefficient (Wildman–Crippen LogP) is 0.127. The SMILES string of the molecule is COc1c(C(=O)O)cnn1C. The Balaban J connectivity index is 3.15. The van der Waals surface area contributed by atoms with Crippen LogP contribution in [-0.4, -0.2) is 28.0 Å². The number of carboxylic acid groups (broad SMARTS) is 1. The summed E-state index contributed by atoms with van der Waals surface area (Å²) in [6, 6.07) is 0. The third-order valence-corrected chi connectivity index (χ3v) is 1.31. The number of carbonyl (C=O) groups is 1. The first-order valence-electron chi connectivity index (χ1n) is 2.96. The van der Waals surface area contributed by atoms with Crippen LogP contribution in [0.2, 0.25) is 0 Å². The lowest BCUT2D eigenvalue weighted by molar-refractivity contribution is 0.0693. The third-order valence-electron chi connectivity index (χ3n) is 1.31. The summed E-state index contributed by atoms with van der Waals surface area (Å²) in [7, 11) is 3.02. The zero-order chi connectivity index (χ0) is 8.43. The lowest BCUT2D eigenvalue weighted by Gasteiger charge is -1.99. The minimum Gasteiger partial charge on any atom is -0.481 e. The molecule has 0 fully saturated rings. The van der Waals surface area contributed by atoms with Gasteiger partial charge in [-0.2, -0.15) is 5.10 Å². The summed E-state index contributed by atoms with van der Waals surface area (Å²) in [5.41, 5.74) is 0.0787. The Labute approximate surface area is 63.2 Å². The maximum Gasteiger partial charge on any atom is 0.342 e. The molecule has 0 saturated heterocycles. The number of methoxy groups -OCH3 is 1. The largest absolute Gasteiger partial charge is 0.481 e. The van der Waals surface area contributed by atoms with Crippen molar-refractivity contribution in [2.45, 2.75) is 0 Å². The van der Waals surface area contributed by atoms with Crippen molar-refractivity contribution in [1.82, 2.24) is 9.78 Å². The van der Waals surface area contributed by atoms with E-state index in [-0.39, 0.29) is 11.4 Å². The van der Waals surface area contributed by atoms with Crippen LogP contribution in [0, 0.1) is 0 Å². The van der Waals surface area contributed by atoms with Gasteiger partial charge in [-0.1, -0.05) is 0 Å². The number of rotatable bonds is 2. The fraction of sp³-hybridized carbons (Fsp3) is 0.333. The van der Waals surface area contributed by atoms with Gasteiger partial charge in [-0.25, -0.2) is 9.48 Å². The van der Waals surface area contributed by atoms with E-state index in [1.165, 1.54) is 18.0 Å². The van der Waals surface area contributed by atoms with E-state index in [1.54, 1.807) is 7.05 Å². The molecule has 1 aromatic heterocycles. The van der Waals surface area contributed by atoms with Gasteiger partial charge in [-0.15, -0.1) is 0 Å². The maximum atomic E-state index is 10.5. The molecule has 0 aliphatic rings. The molecule has 0 spiro atoms. The molecule has 0 aliphatic heterocycles. The Morgan fingerprint density at radius 3 is 2.82 bits per heavy atom. The topological polar surface area (TPSA) is 64.3 Å². The molecule has 60 valence electrons. The standard InChI is InChI=1S/C6H8N2O3/c1-8-5(11-2)4(3-7-8)6(9)10/h3H,1-2H3,(H,9,10). The van der Waals surface area contributed by atoms with Crippen LogP contribution in [0.4, 0.5) is 0 Å². The normalized spacial score (nSPS) is 9.64. The first kappa shape index (κ1) is 7.59. The summed E-state index contributed by atoms with van der Waals surface area (Å²) in [5.74, 6) is -0.771. The van der Waals surface area contributed by atoms with E-state index in [4.69, 9.17) is 9.84 Å². The number of aryl methyl sites for hydroxylation is 1. The quantitative estimate of drug-likeness (QED) is 0.660. The van der Waals surface area contributed by atoms with Crippen molar-refractivity contribution in [1.29, 1.82) is 0 Å². The second-order valence-electron chi connectivity index (χ2n) is 2.00. The van der Waals surface area contributed by atoms with Crippen LogP contribution in [0.1, 0.15) is 10.4 Å². The van der Waals surface area contributed by atoms with Gasteiger partial charge < -0.3 is 9.84 Å². The Bertz CT molecular complexity index is 279. The Morgan fingerprint density at radius 1 is 1.82 bits per heavy atom. The number of hydrogen-bond donors (Lipinski definition) is 1. The first-order chi connectivity index (χ1) is 5.16. The molecule has 1 heterocycles. The minimum absolute atomic E-state index is 0.0787. The van der Waals surface area contributed by atoms with Gasteiger partial charge in [0, 0.05) is 7.05 Å². The van der Waals surface area contributed by atoms with Crippen LogP contribution >= 0.6 is 0 Å². The fourth-order valence-electron chi connectivity index (χ4n) is 0.815. The van der Waals surface area contributed by atoms with Crippen molar-refractivity contribution in [3.05, 3.63) is 11.8 Å². The lowest BCUT2D eigenvalue weighted by Crippen LogP contribution is -2.00. The van der Waals surface area contributed by atoms with Crippen LogP contribution < -0.4 is 4.74 Å². The van der Waals surface area contributed by atoms with E-state index in [1.807, 2.05) is 0 Å². The van der Waals surface area contributed by atoms with E-state index in [0.717, 1.165) is 0 Å². The molecule has 0 aromatic carbocycles. The highest BCUT2D eigenvalue weighted by Crippen LogP contribution is 2.15. The molecule has 0 bridgehead atoms. The van der Waals surface area contributed by atoms with E-state index < -0.39 is 5.97 Å². The Morgan fingerprint density at radius 2 is 2.45 bits per heavy atom. The van der Waals surface area contributed by atoms with Crippen LogP contribution in [0.3, 0.4) is 0 Å². The van der Waals surface area contributed by atoms with Crippen molar-refractivity contribution in [2.24, 2.45) is 7.05 Å². The molecule has 1 rings (SSSR count). The fourth-order valence-corrected chi connectivity index (χ4v) is 0.815. The molecule has 0 saturated carbocycles. The molecular formula is C6H8N2O3. The van der Waals surface area contributed by atoms with Gasteiger partial charge >= 0.3 is 5.97 Å². The molecule has 1 N–H and O–H groups in total. The molecule has 0 atom stereocenters. The van der Waals surface area contributed by atoms with E-state index in [0.29, 0.717) is 0 Å². The van der Waals surface area contributed by atoms with E-state index in [9.17, 15) is 4.79 Å². The number of aromatic nitrogens is 2. The summed E-state index contributed by atoms with van der Waals surface area (Å²) in [6.45, 7) is 0. The van der Waals surface area contributed by atoms with Crippen LogP contribution in [0.5, 0.6) is 5.88 Å². The number of nitrogens with zero attached hydrogens (tertiary/aromatic N) is 2. The van der Waals surface area contributed by atoms with Gasteiger partial charge in [-0.3, -0.25) is 0 Å².